The number of nitrogens with two attached hydrogens (primary N) is 1. The van der Waals surface area contributed by atoms with E-state index in [0.29, 0.717) is 5.56 Å². The molecule has 0 bridgehead atoms. The Hall–Kier alpha value is -2.78. The van der Waals surface area contributed by atoms with Gasteiger partial charge < -0.3 is 5.73 Å². The van der Waals surface area contributed by atoms with Gasteiger partial charge in [0.1, 0.15) is 5.54 Å². The fourth-order valence-corrected chi connectivity index (χ4v) is 3.40. The summed E-state index contributed by atoms with van der Waals surface area (Å²) in [6.07, 6.45) is 2.62. The molecule has 3 heteroatoms. The molecule has 3 nitrogen and oxygen atoms in total. The maximum Gasteiger partial charge on any atom is 0.180 e. The maximum atomic E-state index is 12.4. The normalized spacial score (nSPS) is 21.3. The molecular formula is C20H15NO2. The van der Waals surface area contributed by atoms with Gasteiger partial charge in [-0.1, -0.05) is 54.6 Å². The predicted molar refractivity (Wildman–Crippen MR) is 91.1 cm³/mol. The van der Waals surface area contributed by atoms with Gasteiger partial charge in [0.05, 0.1) is 0 Å². The molecule has 0 saturated heterocycles. The van der Waals surface area contributed by atoms with Crippen LogP contribution in [0, 0.1) is 0 Å². The minimum Gasteiger partial charge on any atom is -0.315 e. The molecule has 1 unspecified atom stereocenters. The van der Waals surface area contributed by atoms with Crippen molar-refractivity contribution in [2.75, 3.05) is 0 Å². The topological polar surface area (TPSA) is 60.2 Å². The lowest BCUT2D eigenvalue weighted by molar-refractivity contribution is -0.126. The summed E-state index contributed by atoms with van der Waals surface area (Å²) < 4.78 is 0. The van der Waals surface area contributed by atoms with Gasteiger partial charge in [0.15, 0.2) is 11.6 Å². The molecule has 1 aliphatic carbocycles. The van der Waals surface area contributed by atoms with Crippen molar-refractivity contribution in [3.05, 3.63) is 72.3 Å². The van der Waals surface area contributed by atoms with Crippen molar-refractivity contribution in [3.63, 3.8) is 0 Å². The van der Waals surface area contributed by atoms with Crippen molar-refractivity contribution in [1.29, 1.82) is 0 Å². The Morgan fingerprint density at radius 1 is 0.783 bits per heavy atom. The summed E-state index contributed by atoms with van der Waals surface area (Å²) in [6.45, 7) is 0. The van der Waals surface area contributed by atoms with Crippen molar-refractivity contribution in [1.82, 2.24) is 0 Å². The van der Waals surface area contributed by atoms with E-state index in [0.717, 1.165) is 21.5 Å². The summed E-state index contributed by atoms with van der Waals surface area (Å²) in [5.74, 6) is -0.345. The molecule has 112 valence electrons. The zero-order valence-electron chi connectivity index (χ0n) is 12.5. The summed E-state index contributed by atoms with van der Waals surface area (Å²) in [5, 5.41) is 4.21. The Morgan fingerprint density at radius 2 is 1.57 bits per heavy atom. The summed E-state index contributed by atoms with van der Waals surface area (Å²) in [7, 11) is 0. The largest absolute Gasteiger partial charge is 0.315 e. The number of fused-ring (bicyclic) bond motifs is 3. The zero-order valence-corrected chi connectivity index (χ0v) is 12.5. The van der Waals surface area contributed by atoms with Crippen LogP contribution in [0.4, 0.5) is 0 Å². The number of ketones is 2. The number of carbonyl (C=O) groups is 2. The van der Waals surface area contributed by atoms with E-state index >= 15 is 0 Å². The molecule has 3 aromatic carbocycles. The molecule has 1 aliphatic rings. The molecule has 0 radical (unpaired) electrons. The van der Waals surface area contributed by atoms with Crippen LogP contribution in [0.25, 0.3) is 21.5 Å². The average molecular weight is 301 g/mol. The zero-order chi connectivity index (χ0) is 16.0. The van der Waals surface area contributed by atoms with E-state index < -0.39 is 5.54 Å². The first-order valence-electron chi connectivity index (χ1n) is 7.55. The lowest BCUT2D eigenvalue weighted by Crippen LogP contribution is -2.47. The molecule has 0 heterocycles. The van der Waals surface area contributed by atoms with Crippen LogP contribution in [-0.2, 0) is 15.1 Å². The van der Waals surface area contributed by atoms with Crippen LogP contribution < -0.4 is 5.73 Å². The molecule has 4 rings (SSSR count). The van der Waals surface area contributed by atoms with Crippen molar-refractivity contribution >= 4 is 33.1 Å². The van der Waals surface area contributed by atoms with Gasteiger partial charge in [-0.25, -0.2) is 0 Å². The van der Waals surface area contributed by atoms with Crippen molar-refractivity contribution in [3.8, 4) is 0 Å². The Morgan fingerprint density at radius 3 is 2.43 bits per heavy atom. The lowest BCUT2D eigenvalue weighted by atomic mass is 9.77. The number of allylic oxidation sites excluding steroid dienone is 1. The highest BCUT2D eigenvalue weighted by atomic mass is 16.1. The van der Waals surface area contributed by atoms with Gasteiger partial charge in [-0.05, 0) is 39.3 Å². The lowest BCUT2D eigenvalue weighted by Gasteiger charge is -2.30. The average Bonchev–Trinajstić information content (AvgIpc) is 2.57. The Kier molecular flexibility index (Phi) is 2.93. The third kappa shape index (κ3) is 2.01. The number of benzene rings is 3. The number of hydrogen-bond acceptors (Lipinski definition) is 3. The second-order valence-electron chi connectivity index (χ2n) is 6.00. The standard InChI is InChI=1S/C20H15NO2/c21-20(12-14(22)9-11-19(20)23)18-7-3-6-16-15-5-2-1-4-13(15)8-10-17(16)18/h1-11H,12,21H2. The summed E-state index contributed by atoms with van der Waals surface area (Å²) >= 11 is 0. The highest BCUT2D eigenvalue weighted by Gasteiger charge is 2.39. The molecule has 0 aromatic heterocycles. The van der Waals surface area contributed by atoms with E-state index in [4.69, 9.17) is 5.73 Å². The Balaban J connectivity index is 2.05. The van der Waals surface area contributed by atoms with Crippen LogP contribution in [-0.4, -0.2) is 11.6 Å². The second-order valence-corrected chi connectivity index (χ2v) is 6.00. The molecule has 0 amide bonds. The second kappa shape index (κ2) is 4.86. The Labute approximate surface area is 133 Å². The summed E-state index contributed by atoms with van der Waals surface area (Å²) in [4.78, 5) is 24.2. The van der Waals surface area contributed by atoms with Gasteiger partial charge in [-0.15, -0.1) is 0 Å². The first-order chi connectivity index (χ1) is 11.1. The van der Waals surface area contributed by atoms with E-state index in [1.54, 1.807) is 0 Å². The van der Waals surface area contributed by atoms with Gasteiger partial charge in [0.2, 0.25) is 0 Å². The molecule has 23 heavy (non-hydrogen) atoms. The molecule has 0 saturated carbocycles. The van der Waals surface area contributed by atoms with E-state index in [2.05, 4.69) is 12.1 Å². The fourth-order valence-electron chi connectivity index (χ4n) is 3.40. The van der Waals surface area contributed by atoms with Crippen molar-refractivity contribution < 1.29 is 9.59 Å². The smallest absolute Gasteiger partial charge is 0.180 e. The minimum absolute atomic E-state index is 0.00821. The summed E-state index contributed by atoms with van der Waals surface area (Å²) in [6, 6.07) is 17.9. The van der Waals surface area contributed by atoms with E-state index in [-0.39, 0.29) is 18.0 Å². The van der Waals surface area contributed by atoms with E-state index in [1.165, 1.54) is 12.2 Å². The summed E-state index contributed by atoms with van der Waals surface area (Å²) in [5.41, 5.74) is 5.83. The van der Waals surface area contributed by atoms with Crippen LogP contribution >= 0.6 is 0 Å². The van der Waals surface area contributed by atoms with Gasteiger partial charge in [0, 0.05) is 6.42 Å². The Bertz CT molecular complexity index is 1000. The molecule has 0 spiro atoms. The third-order valence-corrected chi connectivity index (χ3v) is 4.58. The van der Waals surface area contributed by atoms with E-state index in [1.807, 2.05) is 42.5 Å². The minimum atomic E-state index is -1.28. The fraction of sp³-hybridized carbons (Fsp3) is 0.100. The number of hydrogen-bond donors (Lipinski definition) is 1. The maximum absolute atomic E-state index is 12.4. The quantitative estimate of drug-likeness (QED) is 0.702. The number of carbonyl (C=O) groups excluding carboxylic acids is 2. The van der Waals surface area contributed by atoms with E-state index in [9.17, 15) is 9.59 Å². The SMILES string of the molecule is NC1(c2cccc3c2ccc2ccccc23)CC(=O)C=CC1=O. The van der Waals surface area contributed by atoms with Crippen LogP contribution in [0.2, 0.25) is 0 Å². The van der Waals surface area contributed by atoms with Crippen LogP contribution in [0.3, 0.4) is 0 Å². The molecule has 2 N–H and O–H groups in total. The molecular weight excluding hydrogens is 286 g/mol. The van der Waals surface area contributed by atoms with Crippen LogP contribution in [0.1, 0.15) is 12.0 Å². The van der Waals surface area contributed by atoms with Crippen LogP contribution in [0.15, 0.2) is 66.7 Å². The van der Waals surface area contributed by atoms with Gasteiger partial charge in [-0.3, -0.25) is 9.59 Å². The van der Waals surface area contributed by atoms with Gasteiger partial charge in [0.25, 0.3) is 0 Å². The first-order valence-corrected chi connectivity index (χ1v) is 7.55. The third-order valence-electron chi connectivity index (χ3n) is 4.58. The van der Waals surface area contributed by atoms with Crippen molar-refractivity contribution in [2.24, 2.45) is 5.73 Å². The van der Waals surface area contributed by atoms with Crippen molar-refractivity contribution in [2.45, 2.75) is 12.0 Å². The highest BCUT2D eigenvalue weighted by Crippen LogP contribution is 2.35. The molecule has 3 aromatic rings. The first kappa shape index (κ1) is 13.9. The predicted octanol–water partition coefficient (Wildman–Crippen LogP) is 3.25. The van der Waals surface area contributed by atoms with Crippen LogP contribution in [0.5, 0.6) is 0 Å². The molecule has 1 atom stereocenters. The molecule has 0 fully saturated rings. The number of rotatable bonds is 1. The molecule has 0 aliphatic heterocycles. The monoisotopic (exact) mass is 301 g/mol. The highest BCUT2D eigenvalue weighted by molar-refractivity contribution is 6.14. The van der Waals surface area contributed by atoms with Gasteiger partial charge >= 0.3 is 0 Å². The van der Waals surface area contributed by atoms with Gasteiger partial charge in [-0.2, -0.15) is 0 Å².